The lowest BCUT2D eigenvalue weighted by molar-refractivity contribution is 0.293. The van der Waals surface area contributed by atoms with Crippen molar-refractivity contribution in [1.82, 2.24) is 15.0 Å². The molecule has 2 aromatic carbocycles. The number of allylic oxidation sites excluding steroid dienone is 3. The maximum atomic E-state index is 14.7. The van der Waals surface area contributed by atoms with E-state index in [1.54, 1.807) is 50.3 Å². The van der Waals surface area contributed by atoms with Crippen LogP contribution in [-0.2, 0) is 30.2 Å². The lowest BCUT2D eigenvalue weighted by atomic mass is 10.2. The van der Waals surface area contributed by atoms with Gasteiger partial charge in [-0.15, -0.1) is 0 Å². The number of H-pyrrole nitrogens is 1. The summed E-state index contributed by atoms with van der Waals surface area (Å²) in [6, 6.07) is 8.87. The van der Waals surface area contributed by atoms with Crippen molar-refractivity contribution in [2.75, 3.05) is 31.8 Å². The van der Waals surface area contributed by atoms with Crippen molar-refractivity contribution in [3.8, 4) is 5.75 Å². The van der Waals surface area contributed by atoms with E-state index in [1.165, 1.54) is 26.4 Å². The summed E-state index contributed by atoms with van der Waals surface area (Å²) in [6.07, 6.45) is 3.21. The summed E-state index contributed by atoms with van der Waals surface area (Å²) in [5, 5.41) is 2.10. The zero-order valence-corrected chi connectivity index (χ0v) is 24.9. The Labute approximate surface area is 238 Å². The number of halogens is 1. The number of rotatable bonds is 11. The van der Waals surface area contributed by atoms with Gasteiger partial charge in [-0.2, -0.15) is 0 Å². The summed E-state index contributed by atoms with van der Waals surface area (Å²) in [4.78, 5) is 11.4. The van der Waals surface area contributed by atoms with Crippen molar-refractivity contribution in [1.29, 1.82) is 0 Å². The fourth-order valence-corrected chi connectivity index (χ4v) is 7.11. The van der Waals surface area contributed by atoms with Crippen LogP contribution in [0.4, 0.5) is 10.1 Å². The predicted molar refractivity (Wildman–Crippen MR) is 156 cm³/mol. The number of anilines is 1. The molecule has 0 saturated carbocycles. The van der Waals surface area contributed by atoms with Crippen molar-refractivity contribution < 1.29 is 30.7 Å². The minimum absolute atomic E-state index is 0.0111. The molecule has 2 aromatic heterocycles. The van der Waals surface area contributed by atoms with Gasteiger partial charge in [0.15, 0.2) is 5.03 Å². The van der Waals surface area contributed by atoms with Crippen molar-refractivity contribution in [3.63, 3.8) is 0 Å². The molecule has 0 aliphatic rings. The smallest absolute Gasteiger partial charge is 0.250 e. The van der Waals surface area contributed by atoms with Crippen molar-refractivity contribution in [2.45, 2.75) is 36.7 Å². The summed E-state index contributed by atoms with van der Waals surface area (Å²) in [5.41, 5.74) is 1.61. The molecule has 0 spiro atoms. The molecule has 0 radical (unpaired) electrons. The number of fused-ring (bicyclic) bond motifs is 3. The van der Waals surface area contributed by atoms with Gasteiger partial charge in [0, 0.05) is 11.9 Å². The van der Waals surface area contributed by atoms with Gasteiger partial charge in [0.2, 0.25) is 19.7 Å². The molecule has 2 N–H and O–H groups in total. The minimum Gasteiger partial charge on any atom is -0.501 e. The molecule has 0 amide bonds. The Morgan fingerprint density at radius 3 is 2.37 bits per heavy atom. The van der Waals surface area contributed by atoms with Gasteiger partial charge >= 0.3 is 0 Å². The summed E-state index contributed by atoms with van der Waals surface area (Å²) in [5.74, 6) is -0.421. The summed E-state index contributed by atoms with van der Waals surface area (Å²) < 4.78 is 79.5. The monoisotopic (exact) mass is 602 g/mol. The molecule has 4 aromatic rings. The van der Waals surface area contributed by atoms with Gasteiger partial charge in [0.1, 0.15) is 17.2 Å². The van der Waals surface area contributed by atoms with Crippen LogP contribution in [0, 0.1) is 5.82 Å². The summed E-state index contributed by atoms with van der Waals surface area (Å²) >= 11 is 0. The van der Waals surface area contributed by atoms with Gasteiger partial charge in [-0.25, -0.2) is 31.2 Å². The van der Waals surface area contributed by atoms with Crippen LogP contribution in [0.1, 0.15) is 26.3 Å². The third-order valence-electron chi connectivity index (χ3n) is 6.27. The largest absolute Gasteiger partial charge is 0.501 e. The Morgan fingerprint density at radius 2 is 1.73 bits per heavy atom. The number of aromatic nitrogens is 3. The number of benzene rings is 2. The standard InChI is InChI=1S/C28H31FN4O6S2/c1-6-30-23-14-20(29)13-22-24-26(31-25(22)23)32-28(41(36,37)15-17(2)7-8-18(3)38-4)33-27(24)40(34,35)16-19-9-11-21(39-5)12-10-19/h7-14,30H,6,15-16H2,1-5H3,(H,31,32,33). The molecule has 13 heteroatoms. The molecule has 0 bridgehead atoms. The first-order valence-corrected chi connectivity index (χ1v) is 15.9. The highest BCUT2D eigenvalue weighted by Gasteiger charge is 2.29. The van der Waals surface area contributed by atoms with E-state index in [2.05, 4.69) is 20.3 Å². The molecule has 0 aliphatic carbocycles. The topological polar surface area (TPSA) is 140 Å². The number of hydrogen-bond donors (Lipinski definition) is 2. The second kappa shape index (κ2) is 11.9. The molecule has 218 valence electrons. The highest BCUT2D eigenvalue weighted by atomic mass is 32.2. The molecular formula is C28H31FN4O6S2. The van der Waals surface area contributed by atoms with Crippen LogP contribution < -0.4 is 10.1 Å². The van der Waals surface area contributed by atoms with Gasteiger partial charge in [-0.1, -0.05) is 23.8 Å². The lowest BCUT2D eigenvalue weighted by Crippen LogP contribution is -2.16. The Balaban J connectivity index is 1.95. The molecule has 0 fully saturated rings. The first-order valence-electron chi connectivity index (χ1n) is 12.6. The van der Waals surface area contributed by atoms with E-state index in [1.807, 2.05) is 6.92 Å². The second-order valence-corrected chi connectivity index (χ2v) is 13.2. The molecule has 10 nitrogen and oxygen atoms in total. The first-order chi connectivity index (χ1) is 19.4. The van der Waals surface area contributed by atoms with Crippen LogP contribution in [0.2, 0.25) is 0 Å². The van der Waals surface area contributed by atoms with Gasteiger partial charge in [0.25, 0.3) is 5.16 Å². The van der Waals surface area contributed by atoms with Crippen LogP contribution in [-0.4, -0.2) is 58.3 Å². The fraction of sp³-hybridized carbons (Fsp3) is 0.286. The van der Waals surface area contributed by atoms with Crippen molar-refractivity contribution >= 4 is 47.3 Å². The number of nitrogens with one attached hydrogen (secondary N) is 2. The van der Waals surface area contributed by atoms with Crippen LogP contribution >= 0.6 is 0 Å². The highest BCUT2D eigenvalue weighted by Crippen LogP contribution is 2.35. The maximum absolute atomic E-state index is 14.7. The predicted octanol–water partition coefficient (Wildman–Crippen LogP) is 4.93. The van der Waals surface area contributed by atoms with Gasteiger partial charge in [-0.05, 0) is 56.7 Å². The van der Waals surface area contributed by atoms with E-state index in [0.29, 0.717) is 40.4 Å². The Bertz CT molecular complexity index is 1880. The third-order valence-corrected chi connectivity index (χ3v) is 9.44. The second-order valence-electron chi connectivity index (χ2n) is 9.43. The average molecular weight is 603 g/mol. The Kier molecular flexibility index (Phi) is 8.69. The first kappa shape index (κ1) is 30.0. The lowest BCUT2D eigenvalue weighted by Gasteiger charge is -2.10. The van der Waals surface area contributed by atoms with E-state index in [0.717, 1.165) is 0 Å². The highest BCUT2D eigenvalue weighted by molar-refractivity contribution is 7.91. The zero-order chi connectivity index (χ0) is 29.9. The maximum Gasteiger partial charge on any atom is 0.250 e. The van der Waals surface area contributed by atoms with Crippen molar-refractivity contribution in [2.24, 2.45) is 0 Å². The number of sulfone groups is 2. The Hall–Kier alpha value is -3.97. The van der Waals surface area contributed by atoms with E-state index in [9.17, 15) is 21.2 Å². The van der Waals surface area contributed by atoms with Crippen molar-refractivity contribution in [3.05, 3.63) is 71.3 Å². The van der Waals surface area contributed by atoms with Crippen LogP contribution in [0.3, 0.4) is 0 Å². The summed E-state index contributed by atoms with van der Waals surface area (Å²) in [6.45, 7) is 5.62. The number of aromatic amines is 1. The van der Waals surface area contributed by atoms with Crippen LogP contribution in [0.15, 0.2) is 70.1 Å². The molecule has 0 saturated heterocycles. The number of methoxy groups -OCH3 is 2. The fourth-order valence-electron chi connectivity index (χ4n) is 4.25. The molecule has 0 aliphatic heterocycles. The molecular weight excluding hydrogens is 571 g/mol. The minimum atomic E-state index is -4.25. The molecule has 0 unspecified atom stereocenters. The third kappa shape index (κ3) is 6.51. The normalized spacial score (nSPS) is 13.1. The van der Waals surface area contributed by atoms with E-state index in [-0.39, 0.29) is 16.4 Å². The molecule has 4 rings (SSSR count). The molecule has 2 heterocycles. The van der Waals surface area contributed by atoms with E-state index in [4.69, 9.17) is 9.47 Å². The van der Waals surface area contributed by atoms with E-state index < -0.39 is 47.2 Å². The van der Waals surface area contributed by atoms with Gasteiger partial charge in [0.05, 0.1) is 48.1 Å². The van der Waals surface area contributed by atoms with Gasteiger partial charge < -0.3 is 19.8 Å². The molecule has 0 atom stereocenters. The number of nitrogens with zero attached hydrogens (tertiary/aromatic N) is 2. The quantitative estimate of drug-likeness (QED) is 0.106. The number of hydrogen-bond acceptors (Lipinski definition) is 9. The van der Waals surface area contributed by atoms with Crippen LogP contribution in [0.25, 0.3) is 21.9 Å². The Morgan fingerprint density at radius 1 is 1.02 bits per heavy atom. The number of ether oxygens (including phenoxy) is 2. The zero-order valence-electron chi connectivity index (χ0n) is 23.3. The SMILES string of the molecule is CCNc1cc(F)cc2c1[nH]c1nc(S(=O)(=O)CC(C)=CC=C(C)OC)nc(S(=O)(=O)Cc3ccc(OC)cc3)c12. The van der Waals surface area contributed by atoms with Gasteiger partial charge in [-0.3, -0.25) is 0 Å². The van der Waals surface area contributed by atoms with E-state index >= 15 is 0 Å². The average Bonchev–Trinajstić information content (AvgIpc) is 3.30. The summed E-state index contributed by atoms with van der Waals surface area (Å²) in [7, 11) is -5.45. The van der Waals surface area contributed by atoms with Crippen LogP contribution in [0.5, 0.6) is 5.75 Å². The molecule has 41 heavy (non-hydrogen) atoms.